The molecule has 0 aliphatic heterocycles. The first-order valence-corrected chi connectivity index (χ1v) is 3.27. The van der Waals surface area contributed by atoms with Gasteiger partial charge in [-0.15, -0.1) is 5.10 Å². The van der Waals surface area contributed by atoms with Gasteiger partial charge in [0.15, 0.2) is 0 Å². The Morgan fingerprint density at radius 2 is 2.44 bits per heavy atom. The van der Waals surface area contributed by atoms with Crippen LogP contribution in [0.1, 0.15) is 0 Å². The summed E-state index contributed by atoms with van der Waals surface area (Å²) in [5.41, 5.74) is 0. The van der Waals surface area contributed by atoms with E-state index in [0.717, 1.165) is 11.3 Å². The fourth-order valence-corrected chi connectivity index (χ4v) is 1.05. The van der Waals surface area contributed by atoms with Crippen LogP contribution < -0.4 is 10.2 Å². The normalized spacial score (nSPS) is 9.56. The summed E-state index contributed by atoms with van der Waals surface area (Å²) in [5.74, 6) is 0. The second-order valence-corrected chi connectivity index (χ2v) is 2.49. The number of aryl methyl sites for hydroxylation is 1. The van der Waals surface area contributed by atoms with Gasteiger partial charge in [-0.05, 0) is 11.3 Å². The molecule has 0 unspecified atom stereocenters. The lowest BCUT2D eigenvalue weighted by atomic mass is 11.1. The van der Waals surface area contributed by atoms with Crippen molar-refractivity contribution in [3.8, 4) is 0 Å². The Hall–Kier alpha value is -0.840. The molecule has 1 aromatic rings. The summed E-state index contributed by atoms with van der Waals surface area (Å²) in [4.78, 5) is 10.6. The molecule has 1 N–H and O–H groups in total. The topological polar surface area (TPSA) is 46.9 Å². The zero-order chi connectivity index (χ0) is 6.85. The molecule has 1 heterocycles. The van der Waals surface area contributed by atoms with Crippen LogP contribution in [0.4, 0.5) is 5.13 Å². The molecule has 1 aromatic heterocycles. The van der Waals surface area contributed by atoms with E-state index in [0.29, 0.717) is 5.13 Å². The summed E-state index contributed by atoms with van der Waals surface area (Å²) < 4.78 is 1.30. The predicted octanol–water partition coefficient (Wildman–Crippen LogP) is -0.117. The number of hydrogen-bond donors (Lipinski definition) is 1. The van der Waals surface area contributed by atoms with Crippen LogP contribution in [0.15, 0.2) is 4.79 Å². The van der Waals surface area contributed by atoms with Crippen molar-refractivity contribution in [2.24, 2.45) is 7.05 Å². The molecule has 0 amide bonds. The number of aromatic nitrogens is 2. The van der Waals surface area contributed by atoms with Gasteiger partial charge in [0, 0.05) is 14.1 Å². The van der Waals surface area contributed by atoms with Crippen molar-refractivity contribution in [1.29, 1.82) is 0 Å². The molecule has 5 heteroatoms. The van der Waals surface area contributed by atoms with Gasteiger partial charge in [-0.25, -0.2) is 4.68 Å². The summed E-state index contributed by atoms with van der Waals surface area (Å²) >= 11 is 1.10. The number of hydrogen-bond acceptors (Lipinski definition) is 4. The van der Waals surface area contributed by atoms with E-state index in [-0.39, 0.29) is 4.87 Å². The van der Waals surface area contributed by atoms with Gasteiger partial charge in [0.2, 0.25) is 5.13 Å². The van der Waals surface area contributed by atoms with Crippen molar-refractivity contribution in [2.75, 3.05) is 12.4 Å². The summed E-state index contributed by atoms with van der Waals surface area (Å²) in [7, 11) is 3.36. The van der Waals surface area contributed by atoms with E-state index in [1.807, 2.05) is 0 Å². The minimum absolute atomic E-state index is 0.0423. The highest BCUT2D eigenvalue weighted by molar-refractivity contribution is 7.12. The quantitative estimate of drug-likeness (QED) is 0.599. The second kappa shape index (κ2) is 2.18. The Labute approximate surface area is 56.1 Å². The molecule has 0 radical (unpaired) electrons. The number of nitrogens with one attached hydrogen (secondary N) is 1. The summed E-state index contributed by atoms with van der Waals surface area (Å²) in [6.07, 6.45) is 0. The second-order valence-electron chi connectivity index (χ2n) is 1.55. The lowest BCUT2D eigenvalue weighted by Gasteiger charge is -1.84. The Balaban J connectivity index is 3.13. The monoisotopic (exact) mass is 145 g/mol. The van der Waals surface area contributed by atoms with Crippen LogP contribution in [0.3, 0.4) is 0 Å². The number of nitrogens with zero attached hydrogens (tertiary/aromatic N) is 2. The fraction of sp³-hybridized carbons (Fsp3) is 0.500. The molecule has 0 fully saturated rings. The van der Waals surface area contributed by atoms with Crippen LogP contribution in [-0.2, 0) is 7.05 Å². The van der Waals surface area contributed by atoms with Crippen LogP contribution in [0.2, 0.25) is 0 Å². The average molecular weight is 145 g/mol. The molecule has 0 aliphatic carbocycles. The van der Waals surface area contributed by atoms with Crippen molar-refractivity contribution in [3.63, 3.8) is 0 Å². The average Bonchev–Trinajstić information content (AvgIpc) is 2.13. The minimum Gasteiger partial charge on any atom is -0.363 e. The maximum Gasteiger partial charge on any atom is 0.326 e. The van der Waals surface area contributed by atoms with Gasteiger partial charge in [-0.1, -0.05) is 0 Å². The van der Waals surface area contributed by atoms with Crippen molar-refractivity contribution >= 4 is 16.5 Å². The van der Waals surface area contributed by atoms with E-state index in [2.05, 4.69) is 10.4 Å². The van der Waals surface area contributed by atoms with Crippen LogP contribution in [0, 0.1) is 0 Å². The highest BCUT2D eigenvalue weighted by Crippen LogP contribution is 2.01. The third-order valence-corrected chi connectivity index (χ3v) is 1.82. The molecule has 0 saturated heterocycles. The summed E-state index contributed by atoms with van der Waals surface area (Å²) in [6.45, 7) is 0. The number of anilines is 1. The predicted molar refractivity (Wildman–Crippen MR) is 36.9 cm³/mol. The van der Waals surface area contributed by atoms with Gasteiger partial charge >= 0.3 is 4.87 Å². The molecule has 1 rings (SSSR count). The molecule has 0 spiro atoms. The molecule has 9 heavy (non-hydrogen) atoms. The zero-order valence-corrected chi connectivity index (χ0v) is 6.03. The third kappa shape index (κ3) is 1.10. The van der Waals surface area contributed by atoms with E-state index in [1.165, 1.54) is 4.68 Å². The first-order valence-electron chi connectivity index (χ1n) is 2.46. The lowest BCUT2D eigenvalue weighted by Crippen LogP contribution is -2.08. The highest BCUT2D eigenvalue weighted by Gasteiger charge is 1.97. The first kappa shape index (κ1) is 6.28. The molecule has 0 aromatic carbocycles. The van der Waals surface area contributed by atoms with Gasteiger partial charge in [0.05, 0.1) is 0 Å². The lowest BCUT2D eigenvalue weighted by molar-refractivity contribution is 0.745. The third-order valence-electron chi connectivity index (χ3n) is 0.903. The van der Waals surface area contributed by atoms with E-state index >= 15 is 0 Å². The first-order chi connectivity index (χ1) is 4.24. The minimum atomic E-state index is -0.0423. The zero-order valence-electron chi connectivity index (χ0n) is 5.21. The molecule has 50 valence electrons. The molecule has 0 bridgehead atoms. The summed E-state index contributed by atoms with van der Waals surface area (Å²) in [5, 5.41) is 7.27. The number of rotatable bonds is 1. The van der Waals surface area contributed by atoms with Gasteiger partial charge in [-0.3, -0.25) is 4.79 Å². The van der Waals surface area contributed by atoms with E-state index in [1.54, 1.807) is 14.1 Å². The van der Waals surface area contributed by atoms with Crippen LogP contribution in [0.5, 0.6) is 0 Å². The fourth-order valence-electron chi connectivity index (χ4n) is 0.447. The summed E-state index contributed by atoms with van der Waals surface area (Å²) in [6, 6.07) is 0. The van der Waals surface area contributed by atoms with E-state index in [4.69, 9.17) is 0 Å². The van der Waals surface area contributed by atoms with Crippen molar-refractivity contribution < 1.29 is 0 Å². The smallest absolute Gasteiger partial charge is 0.326 e. The maximum atomic E-state index is 10.7. The molecule has 4 nitrogen and oxygen atoms in total. The largest absolute Gasteiger partial charge is 0.363 e. The van der Waals surface area contributed by atoms with Gasteiger partial charge in [0.1, 0.15) is 0 Å². The van der Waals surface area contributed by atoms with Gasteiger partial charge < -0.3 is 5.32 Å². The Morgan fingerprint density at radius 1 is 1.78 bits per heavy atom. The van der Waals surface area contributed by atoms with Crippen LogP contribution in [0.25, 0.3) is 0 Å². The SMILES string of the molecule is CNc1nn(C)c(=O)s1. The maximum absolute atomic E-state index is 10.7. The molecule has 0 aliphatic rings. The standard InChI is InChI=1S/C4H7N3OS/c1-5-3-6-7(2)4(8)9-3/h1-2H3,(H,5,6). The van der Waals surface area contributed by atoms with Gasteiger partial charge in [0.25, 0.3) is 0 Å². The molecular formula is C4H7N3OS. The molecule has 0 atom stereocenters. The van der Waals surface area contributed by atoms with Crippen molar-refractivity contribution in [3.05, 3.63) is 9.67 Å². The Bertz CT molecular complexity index is 251. The highest BCUT2D eigenvalue weighted by atomic mass is 32.1. The van der Waals surface area contributed by atoms with Crippen LogP contribution in [-0.4, -0.2) is 16.8 Å². The Morgan fingerprint density at radius 3 is 2.67 bits per heavy atom. The van der Waals surface area contributed by atoms with Gasteiger partial charge in [-0.2, -0.15) is 0 Å². The van der Waals surface area contributed by atoms with Crippen LogP contribution >= 0.6 is 11.3 Å². The molecule has 0 saturated carbocycles. The molecular weight excluding hydrogens is 138 g/mol. The van der Waals surface area contributed by atoms with Crippen molar-refractivity contribution in [2.45, 2.75) is 0 Å². The van der Waals surface area contributed by atoms with E-state index < -0.39 is 0 Å². The van der Waals surface area contributed by atoms with E-state index in [9.17, 15) is 4.79 Å². The Kier molecular flexibility index (Phi) is 1.52. The van der Waals surface area contributed by atoms with Crippen molar-refractivity contribution in [1.82, 2.24) is 9.78 Å².